The summed E-state index contributed by atoms with van der Waals surface area (Å²) in [7, 11) is 0. The first-order valence-corrected chi connectivity index (χ1v) is 6.04. The number of rotatable bonds is 3. The molecule has 2 N–H and O–H groups in total. The summed E-state index contributed by atoms with van der Waals surface area (Å²) >= 11 is 0. The first kappa shape index (κ1) is 12.1. The van der Waals surface area contributed by atoms with Crippen molar-refractivity contribution >= 4 is 28.2 Å². The van der Waals surface area contributed by atoms with Crippen molar-refractivity contribution in [3.63, 3.8) is 0 Å². The van der Waals surface area contributed by atoms with Crippen molar-refractivity contribution < 1.29 is 9.90 Å². The predicted octanol–water partition coefficient (Wildman–Crippen LogP) is 3.07. The van der Waals surface area contributed by atoms with Gasteiger partial charge in [-0.1, -0.05) is 6.07 Å². The smallest absolute Gasteiger partial charge is 0.337 e. The summed E-state index contributed by atoms with van der Waals surface area (Å²) in [6.07, 6.45) is 4.68. The van der Waals surface area contributed by atoms with Gasteiger partial charge in [0.1, 0.15) is 0 Å². The van der Waals surface area contributed by atoms with Gasteiger partial charge in [-0.15, -0.1) is 0 Å². The third kappa shape index (κ3) is 2.16. The molecule has 3 aromatic rings. The summed E-state index contributed by atoms with van der Waals surface area (Å²) in [6, 6.07) is 10.9. The van der Waals surface area contributed by atoms with Crippen molar-refractivity contribution in [1.82, 2.24) is 9.97 Å². The number of hydrogen-bond donors (Lipinski definition) is 2. The van der Waals surface area contributed by atoms with Crippen LogP contribution in [-0.4, -0.2) is 21.0 Å². The number of fused-ring (bicyclic) bond motifs is 1. The van der Waals surface area contributed by atoms with E-state index in [0.29, 0.717) is 5.69 Å². The van der Waals surface area contributed by atoms with Crippen LogP contribution in [0.1, 0.15) is 10.4 Å². The zero-order chi connectivity index (χ0) is 13.9. The second-order valence-electron chi connectivity index (χ2n) is 4.23. The van der Waals surface area contributed by atoms with E-state index in [4.69, 9.17) is 0 Å². The molecule has 0 fully saturated rings. The number of nitrogens with one attached hydrogen (secondary N) is 1. The van der Waals surface area contributed by atoms with E-state index in [2.05, 4.69) is 15.3 Å². The predicted molar refractivity (Wildman–Crippen MR) is 76.2 cm³/mol. The van der Waals surface area contributed by atoms with E-state index in [1.54, 1.807) is 6.20 Å². The van der Waals surface area contributed by atoms with E-state index in [0.717, 1.165) is 16.6 Å². The van der Waals surface area contributed by atoms with Crippen molar-refractivity contribution in [2.24, 2.45) is 0 Å². The summed E-state index contributed by atoms with van der Waals surface area (Å²) in [5.41, 5.74) is 2.28. The minimum absolute atomic E-state index is 0.181. The normalized spacial score (nSPS) is 10.4. The molecule has 2 heterocycles. The summed E-state index contributed by atoms with van der Waals surface area (Å²) in [5.74, 6) is -0.992. The lowest BCUT2D eigenvalue weighted by molar-refractivity contribution is 0.0698. The molecule has 0 atom stereocenters. The maximum atomic E-state index is 11.2. The summed E-state index contributed by atoms with van der Waals surface area (Å²) in [4.78, 5) is 19.4. The Hall–Kier alpha value is -2.95. The number of carboxylic acids is 1. The zero-order valence-corrected chi connectivity index (χ0v) is 10.4. The van der Waals surface area contributed by atoms with Gasteiger partial charge in [0.2, 0.25) is 0 Å². The van der Waals surface area contributed by atoms with Crippen LogP contribution in [0, 0.1) is 0 Å². The summed E-state index contributed by atoms with van der Waals surface area (Å²) in [5, 5.41) is 13.2. The van der Waals surface area contributed by atoms with Crippen LogP contribution in [0.4, 0.5) is 11.4 Å². The minimum atomic E-state index is -0.992. The average Bonchev–Trinajstić information content (AvgIpc) is 2.48. The van der Waals surface area contributed by atoms with Crippen LogP contribution in [0.15, 0.2) is 55.0 Å². The fraction of sp³-hybridized carbons (Fsp3) is 0. The molecule has 0 saturated carbocycles. The van der Waals surface area contributed by atoms with Crippen LogP contribution < -0.4 is 5.32 Å². The molecular weight excluding hydrogens is 254 g/mol. The number of anilines is 2. The van der Waals surface area contributed by atoms with Gasteiger partial charge in [-0.25, -0.2) is 4.79 Å². The number of pyridine rings is 2. The van der Waals surface area contributed by atoms with E-state index in [-0.39, 0.29) is 5.56 Å². The highest BCUT2D eigenvalue weighted by Crippen LogP contribution is 2.26. The molecule has 5 heteroatoms. The van der Waals surface area contributed by atoms with E-state index >= 15 is 0 Å². The first-order chi connectivity index (χ1) is 9.75. The lowest BCUT2D eigenvalue weighted by atomic mass is 10.1. The molecule has 0 bridgehead atoms. The van der Waals surface area contributed by atoms with Crippen molar-refractivity contribution in [3.05, 3.63) is 60.6 Å². The number of hydrogen-bond acceptors (Lipinski definition) is 4. The van der Waals surface area contributed by atoms with Gasteiger partial charge in [-0.05, 0) is 30.3 Å². The number of nitrogens with zero attached hydrogens (tertiary/aromatic N) is 2. The highest BCUT2D eigenvalue weighted by atomic mass is 16.4. The molecule has 2 aromatic heterocycles. The molecule has 98 valence electrons. The highest BCUT2D eigenvalue weighted by Gasteiger charge is 2.10. The van der Waals surface area contributed by atoms with Gasteiger partial charge in [0, 0.05) is 23.5 Å². The molecule has 1 aromatic carbocycles. The molecule has 3 rings (SSSR count). The molecule has 0 spiro atoms. The van der Waals surface area contributed by atoms with Gasteiger partial charge in [0.25, 0.3) is 0 Å². The van der Waals surface area contributed by atoms with E-state index in [1.165, 1.54) is 18.5 Å². The SMILES string of the molecule is O=C(O)c1ccncc1Nc1cccc2ncccc12. The summed E-state index contributed by atoms with van der Waals surface area (Å²) < 4.78 is 0. The Morgan fingerprint density at radius 3 is 2.80 bits per heavy atom. The van der Waals surface area contributed by atoms with Crippen LogP contribution >= 0.6 is 0 Å². The van der Waals surface area contributed by atoms with Crippen molar-refractivity contribution in [2.45, 2.75) is 0 Å². The van der Waals surface area contributed by atoms with Crippen molar-refractivity contribution in [2.75, 3.05) is 5.32 Å². The number of carbonyl (C=O) groups is 1. The monoisotopic (exact) mass is 265 g/mol. The Labute approximate surface area is 114 Å². The van der Waals surface area contributed by atoms with Gasteiger partial charge in [0.05, 0.1) is 23.0 Å². The van der Waals surface area contributed by atoms with Gasteiger partial charge in [0.15, 0.2) is 0 Å². The van der Waals surface area contributed by atoms with E-state index in [1.807, 2.05) is 30.3 Å². The molecule has 0 aliphatic carbocycles. The lowest BCUT2D eigenvalue weighted by Gasteiger charge is -2.11. The third-order valence-electron chi connectivity index (χ3n) is 2.97. The third-order valence-corrected chi connectivity index (χ3v) is 2.97. The molecule has 20 heavy (non-hydrogen) atoms. The topological polar surface area (TPSA) is 75.1 Å². The standard InChI is InChI=1S/C15H11N3O2/c19-15(20)11-6-8-16-9-14(11)18-13-5-1-4-12-10(13)3-2-7-17-12/h1-9,18H,(H,19,20). The van der Waals surface area contributed by atoms with Crippen LogP contribution in [0.25, 0.3) is 10.9 Å². The largest absolute Gasteiger partial charge is 0.478 e. The number of benzene rings is 1. The second-order valence-corrected chi connectivity index (χ2v) is 4.23. The number of carboxylic acid groups (broad SMARTS) is 1. The summed E-state index contributed by atoms with van der Waals surface area (Å²) in [6.45, 7) is 0. The molecule has 0 radical (unpaired) electrons. The molecular formula is C15H11N3O2. The Bertz CT molecular complexity index is 781. The minimum Gasteiger partial charge on any atom is -0.478 e. The Kier molecular flexibility index (Phi) is 3.01. The quantitative estimate of drug-likeness (QED) is 0.761. The fourth-order valence-corrected chi connectivity index (χ4v) is 2.04. The van der Waals surface area contributed by atoms with Crippen LogP contribution in [0.3, 0.4) is 0 Å². The molecule has 0 unspecified atom stereocenters. The molecule has 5 nitrogen and oxygen atoms in total. The Morgan fingerprint density at radius 1 is 1.05 bits per heavy atom. The molecule has 0 amide bonds. The van der Waals surface area contributed by atoms with Gasteiger partial charge >= 0.3 is 5.97 Å². The number of aromatic carboxylic acids is 1. The maximum Gasteiger partial charge on any atom is 0.337 e. The Balaban J connectivity index is 2.08. The molecule has 0 saturated heterocycles. The van der Waals surface area contributed by atoms with Crippen LogP contribution in [-0.2, 0) is 0 Å². The van der Waals surface area contributed by atoms with Gasteiger partial charge in [-0.3, -0.25) is 9.97 Å². The van der Waals surface area contributed by atoms with E-state index in [9.17, 15) is 9.90 Å². The Morgan fingerprint density at radius 2 is 1.95 bits per heavy atom. The van der Waals surface area contributed by atoms with E-state index < -0.39 is 5.97 Å². The van der Waals surface area contributed by atoms with Crippen LogP contribution in [0.5, 0.6) is 0 Å². The highest BCUT2D eigenvalue weighted by molar-refractivity contribution is 5.98. The van der Waals surface area contributed by atoms with Gasteiger partial charge < -0.3 is 10.4 Å². The average molecular weight is 265 g/mol. The van der Waals surface area contributed by atoms with Gasteiger partial charge in [-0.2, -0.15) is 0 Å². The lowest BCUT2D eigenvalue weighted by Crippen LogP contribution is -2.03. The first-order valence-electron chi connectivity index (χ1n) is 6.04. The van der Waals surface area contributed by atoms with Crippen molar-refractivity contribution in [1.29, 1.82) is 0 Å². The number of aromatic nitrogens is 2. The molecule has 0 aliphatic heterocycles. The molecule has 0 aliphatic rings. The van der Waals surface area contributed by atoms with Crippen molar-refractivity contribution in [3.8, 4) is 0 Å². The van der Waals surface area contributed by atoms with Crippen LogP contribution in [0.2, 0.25) is 0 Å². The fourth-order valence-electron chi connectivity index (χ4n) is 2.04. The maximum absolute atomic E-state index is 11.2. The second kappa shape index (κ2) is 4.97. The zero-order valence-electron chi connectivity index (χ0n) is 10.4.